The topological polar surface area (TPSA) is 17.0 Å². The van der Waals surface area contributed by atoms with Crippen molar-refractivity contribution < 1.29 is 0 Å². The molecule has 0 fully saturated rings. The van der Waals surface area contributed by atoms with Gasteiger partial charge in [-0.3, -0.25) is 0 Å². The summed E-state index contributed by atoms with van der Waals surface area (Å²) in [6.45, 7) is 9.86. The summed E-state index contributed by atoms with van der Waals surface area (Å²) in [5, 5.41) is 3.46. The quantitative estimate of drug-likeness (QED) is 0.689. The lowest BCUT2D eigenvalue weighted by molar-refractivity contribution is 0.537. The van der Waals surface area contributed by atoms with Crippen molar-refractivity contribution in [3.05, 3.63) is 24.0 Å². The number of hydrogen-bond donors (Lipinski definition) is 1. The van der Waals surface area contributed by atoms with Crippen LogP contribution in [-0.4, -0.2) is 11.1 Å². The number of rotatable bonds is 6. The fourth-order valence-corrected chi connectivity index (χ4v) is 1.42. The summed E-state index contributed by atoms with van der Waals surface area (Å²) in [4.78, 5) is 0. The molecule has 0 atom stereocenters. The lowest BCUT2D eigenvalue weighted by Gasteiger charge is -2.05. The van der Waals surface area contributed by atoms with Crippen LogP contribution in [0.5, 0.6) is 0 Å². The van der Waals surface area contributed by atoms with Gasteiger partial charge in [0.05, 0.1) is 0 Å². The molecule has 0 saturated carbocycles. The van der Waals surface area contributed by atoms with Gasteiger partial charge in [-0.05, 0) is 37.4 Å². The van der Waals surface area contributed by atoms with Crippen molar-refractivity contribution in [3.8, 4) is 0 Å². The Morgan fingerprint density at radius 2 is 2.21 bits per heavy atom. The molecule has 14 heavy (non-hydrogen) atoms. The van der Waals surface area contributed by atoms with E-state index in [9.17, 15) is 0 Å². The van der Waals surface area contributed by atoms with Crippen LogP contribution in [-0.2, 0) is 13.1 Å². The van der Waals surface area contributed by atoms with E-state index in [0.29, 0.717) is 0 Å². The molecule has 1 aromatic heterocycles. The zero-order valence-electron chi connectivity index (χ0n) is 9.59. The average Bonchev–Trinajstić information content (AvgIpc) is 2.60. The third-order valence-electron chi connectivity index (χ3n) is 2.40. The van der Waals surface area contributed by atoms with Crippen molar-refractivity contribution in [2.75, 3.05) is 6.54 Å². The molecule has 2 heteroatoms. The first kappa shape index (κ1) is 11.3. The maximum atomic E-state index is 3.46. The highest BCUT2D eigenvalue weighted by molar-refractivity contribution is 5.09. The third-order valence-corrected chi connectivity index (χ3v) is 2.40. The van der Waals surface area contributed by atoms with Crippen LogP contribution in [0.15, 0.2) is 18.5 Å². The van der Waals surface area contributed by atoms with Crippen LogP contribution in [0, 0.1) is 5.92 Å². The molecule has 1 heterocycles. The fraction of sp³-hybridized carbons (Fsp3) is 0.667. The molecule has 1 aromatic rings. The van der Waals surface area contributed by atoms with Crippen LogP contribution in [0.3, 0.4) is 0 Å². The molecular weight excluding hydrogens is 172 g/mol. The summed E-state index contributed by atoms with van der Waals surface area (Å²) in [6.07, 6.45) is 5.61. The van der Waals surface area contributed by atoms with Crippen molar-refractivity contribution in [1.29, 1.82) is 0 Å². The first-order chi connectivity index (χ1) is 6.72. The van der Waals surface area contributed by atoms with Gasteiger partial charge in [0.25, 0.3) is 0 Å². The van der Waals surface area contributed by atoms with E-state index < -0.39 is 0 Å². The zero-order chi connectivity index (χ0) is 10.4. The van der Waals surface area contributed by atoms with Crippen molar-refractivity contribution in [2.45, 2.75) is 40.3 Å². The molecule has 0 radical (unpaired) electrons. The minimum Gasteiger partial charge on any atom is -0.354 e. The molecule has 0 aromatic carbocycles. The SMILES string of the molecule is CCn1ccc(CNCCC(C)C)c1. The van der Waals surface area contributed by atoms with Crippen LogP contribution >= 0.6 is 0 Å². The van der Waals surface area contributed by atoms with Crippen molar-refractivity contribution in [2.24, 2.45) is 5.92 Å². The van der Waals surface area contributed by atoms with Gasteiger partial charge < -0.3 is 9.88 Å². The minimum absolute atomic E-state index is 0.794. The summed E-state index contributed by atoms with van der Waals surface area (Å²) < 4.78 is 2.21. The van der Waals surface area contributed by atoms with E-state index in [0.717, 1.165) is 25.6 Å². The van der Waals surface area contributed by atoms with Gasteiger partial charge in [-0.2, -0.15) is 0 Å². The molecule has 0 saturated heterocycles. The molecular formula is C12H22N2. The number of nitrogens with one attached hydrogen (secondary N) is 1. The molecule has 0 bridgehead atoms. The summed E-state index contributed by atoms with van der Waals surface area (Å²) in [6, 6.07) is 2.19. The first-order valence-corrected chi connectivity index (χ1v) is 5.57. The Morgan fingerprint density at radius 3 is 2.79 bits per heavy atom. The van der Waals surface area contributed by atoms with Gasteiger partial charge in [0.2, 0.25) is 0 Å². The Bertz CT molecular complexity index is 251. The largest absolute Gasteiger partial charge is 0.354 e. The second kappa shape index (κ2) is 5.86. The average molecular weight is 194 g/mol. The molecule has 0 spiro atoms. The second-order valence-corrected chi connectivity index (χ2v) is 4.21. The van der Waals surface area contributed by atoms with Crippen LogP contribution in [0.4, 0.5) is 0 Å². The van der Waals surface area contributed by atoms with Crippen LogP contribution in [0.25, 0.3) is 0 Å². The highest BCUT2D eigenvalue weighted by atomic mass is 14.9. The van der Waals surface area contributed by atoms with Crippen LogP contribution < -0.4 is 5.32 Å². The van der Waals surface area contributed by atoms with E-state index in [1.807, 2.05) is 0 Å². The highest BCUT2D eigenvalue weighted by Crippen LogP contribution is 2.01. The molecule has 80 valence electrons. The summed E-state index contributed by atoms with van der Waals surface area (Å²) in [5.41, 5.74) is 1.38. The Balaban J connectivity index is 2.18. The number of nitrogens with zero attached hydrogens (tertiary/aromatic N) is 1. The van der Waals surface area contributed by atoms with Gasteiger partial charge in [0, 0.05) is 25.5 Å². The molecule has 0 aliphatic rings. The normalized spacial score (nSPS) is 11.1. The smallest absolute Gasteiger partial charge is 0.0220 e. The van der Waals surface area contributed by atoms with E-state index >= 15 is 0 Å². The third kappa shape index (κ3) is 3.97. The van der Waals surface area contributed by atoms with Gasteiger partial charge in [-0.1, -0.05) is 13.8 Å². The highest BCUT2D eigenvalue weighted by Gasteiger charge is 1.96. The lowest BCUT2D eigenvalue weighted by Crippen LogP contribution is -2.15. The Labute approximate surface area is 87.3 Å². The summed E-state index contributed by atoms with van der Waals surface area (Å²) in [5.74, 6) is 0.794. The molecule has 1 rings (SSSR count). The fourth-order valence-electron chi connectivity index (χ4n) is 1.42. The summed E-state index contributed by atoms with van der Waals surface area (Å²) >= 11 is 0. The molecule has 0 amide bonds. The van der Waals surface area contributed by atoms with E-state index in [2.05, 4.69) is 49.1 Å². The van der Waals surface area contributed by atoms with Crippen molar-refractivity contribution >= 4 is 0 Å². The molecule has 0 unspecified atom stereocenters. The lowest BCUT2D eigenvalue weighted by atomic mass is 10.1. The molecule has 1 N–H and O–H groups in total. The van der Waals surface area contributed by atoms with Gasteiger partial charge in [0.15, 0.2) is 0 Å². The Morgan fingerprint density at radius 1 is 1.43 bits per heavy atom. The van der Waals surface area contributed by atoms with Crippen molar-refractivity contribution in [1.82, 2.24) is 9.88 Å². The predicted octanol–water partition coefficient (Wildman–Crippen LogP) is 2.64. The maximum absolute atomic E-state index is 3.46. The number of hydrogen-bond acceptors (Lipinski definition) is 1. The second-order valence-electron chi connectivity index (χ2n) is 4.21. The van der Waals surface area contributed by atoms with Gasteiger partial charge in [0.1, 0.15) is 0 Å². The molecule has 0 aliphatic heterocycles. The van der Waals surface area contributed by atoms with E-state index in [4.69, 9.17) is 0 Å². The van der Waals surface area contributed by atoms with Crippen LogP contribution in [0.2, 0.25) is 0 Å². The first-order valence-electron chi connectivity index (χ1n) is 5.57. The standard InChI is InChI=1S/C12H22N2/c1-4-14-8-6-12(10-14)9-13-7-5-11(2)3/h6,8,10-11,13H,4-5,7,9H2,1-3H3. The minimum atomic E-state index is 0.794. The zero-order valence-corrected chi connectivity index (χ0v) is 9.59. The Kier molecular flexibility index (Phi) is 4.74. The maximum Gasteiger partial charge on any atom is 0.0220 e. The van der Waals surface area contributed by atoms with Gasteiger partial charge in [-0.15, -0.1) is 0 Å². The van der Waals surface area contributed by atoms with E-state index in [1.54, 1.807) is 0 Å². The monoisotopic (exact) mass is 194 g/mol. The van der Waals surface area contributed by atoms with Gasteiger partial charge in [-0.25, -0.2) is 0 Å². The van der Waals surface area contributed by atoms with Crippen molar-refractivity contribution in [3.63, 3.8) is 0 Å². The Hall–Kier alpha value is -0.760. The van der Waals surface area contributed by atoms with E-state index in [-0.39, 0.29) is 0 Å². The molecule has 0 aliphatic carbocycles. The van der Waals surface area contributed by atoms with E-state index in [1.165, 1.54) is 12.0 Å². The number of aryl methyl sites for hydroxylation is 1. The molecule has 2 nitrogen and oxygen atoms in total. The predicted molar refractivity (Wildman–Crippen MR) is 61.3 cm³/mol. The van der Waals surface area contributed by atoms with Gasteiger partial charge >= 0.3 is 0 Å². The van der Waals surface area contributed by atoms with Crippen LogP contribution in [0.1, 0.15) is 32.8 Å². The summed E-state index contributed by atoms with van der Waals surface area (Å²) in [7, 11) is 0. The number of aromatic nitrogens is 1.